The third kappa shape index (κ3) is 2.49. The SMILES string of the molecule is COc1ccc(Cl)cc1N1CC(C)(C2CC2)NCC1C. The van der Waals surface area contributed by atoms with E-state index in [-0.39, 0.29) is 5.54 Å². The number of anilines is 1. The maximum atomic E-state index is 6.19. The van der Waals surface area contributed by atoms with Gasteiger partial charge >= 0.3 is 0 Å². The Morgan fingerprint density at radius 3 is 2.80 bits per heavy atom. The molecule has 1 N–H and O–H groups in total. The number of hydrogen-bond donors (Lipinski definition) is 1. The molecule has 0 spiro atoms. The number of benzene rings is 1. The Morgan fingerprint density at radius 1 is 1.40 bits per heavy atom. The van der Waals surface area contributed by atoms with E-state index in [0.29, 0.717) is 6.04 Å². The number of hydrogen-bond acceptors (Lipinski definition) is 3. The maximum Gasteiger partial charge on any atom is 0.142 e. The van der Waals surface area contributed by atoms with E-state index in [1.165, 1.54) is 12.8 Å². The van der Waals surface area contributed by atoms with Crippen molar-refractivity contribution >= 4 is 17.3 Å². The standard InChI is InChI=1S/C16H23ClN2O/c1-11-9-18-16(2,12-4-5-12)10-19(11)14-8-13(17)6-7-15(14)20-3/h6-8,11-12,18H,4-5,9-10H2,1-3H3. The molecule has 1 aromatic rings. The maximum absolute atomic E-state index is 6.19. The van der Waals surface area contributed by atoms with Crippen molar-refractivity contribution in [3.8, 4) is 5.75 Å². The second-order valence-electron chi connectivity index (χ2n) is 6.37. The fourth-order valence-corrected chi connectivity index (χ4v) is 3.43. The summed E-state index contributed by atoms with van der Waals surface area (Å²) in [6, 6.07) is 6.31. The molecule has 4 heteroatoms. The molecule has 20 heavy (non-hydrogen) atoms. The van der Waals surface area contributed by atoms with Crippen molar-refractivity contribution in [3.05, 3.63) is 23.2 Å². The van der Waals surface area contributed by atoms with Crippen molar-refractivity contribution in [2.75, 3.05) is 25.1 Å². The monoisotopic (exact) mass is 294 g/mol. The quantitative estimate of drug-likeness (QED) is 0.925. The predicted octanol–water partition coefficient (Wildman–Crippen LogP) is 3.32. The molecule has 1 heterocycles. The zero-order chi connectivity index (χ0) is 14.3. The van der Waals surface area contributed by atoms with Crippen molar-refractivity contribution in [1.29, 1.82) is 0 Å². The zero-order valence-electron chi connectivity index (χ0n) is 12.4. The Hall–Kier alpha value is -0.930. The molecule has 0 aromatic heterocycles. The molecule has 0 bridgehead atoms. The minimum absolute atomic E-state index is 0.208. The lowest BCUT2D eigenvalue weighted by atomic mass is 9.90. The van der Waals surface area contributed by atoms with Crippen LogP contribution in [0.3, 0.4) is 0 Å². The highest BCUT2D eigenvalue weighted by Gasteiger charge is 2.45. The third-order valence-electron chi connectivity index (χ3n) is 4.76. The van der Waals surface area contributed by atoms with Gasteiger partial charge in [-0.3, -0.25) is 0 Å². The molecule has 2 atom stereocenters. The number of halogens is 1. The van der Waals surface area contributed by atoms with E-state index in [1.807, 2.05) is 18.2 Å². The summed E-state index contributed by atoms with van der Waals surface area (Å²) in [5.41, 5.74) is 1.32. The lowest BCUT2D eigenvalue weighted by molar-refractivity contribution is 0.259. The Bertz CT molecular complexity index is 503. The smallest absolute Gasteiger partial charge is 0.142 e. The summed E-state index contributed by atoms with van der Waals surface area (Å²) in [6.07, 6.45) is 2.69. The summed E-state index contributed by atoms with van der Waals surface area (Å²) in [5, 5.41) is 4.51. The van der Waals surface area contributed by atoms with Crippen LogP contribution in [0.15, 0.2) is 18.2 Å². The van der Waals surface area contributed by atoms with Gasteiger partial charge in [0.05, 0.1) is 12.8 Å². The summed E-state index contributed by atoms with van der Waals surface area (Å²) in [7, 11) is 1.72. The Labute approximate surface area is 126 Å². The molecular weight excluding hydrogens is 272 g/mol. The summed E-state index contributed by atoms with van der Waals surface area (Å²) < 4.78 is 5.53. The normalized spacial score (nSPS) is 30.4. The molecule has 3 rings (SSSR count). The van der Waals surface area contributed by atoms with Gasteiger partial charge in [-0.15, -0.1) is 0 Å². The molecule has 1 aliphatic heterocycles. The van der Waals surface area contributed by atoms with Crippen molar-refractivity contribution < 1.29 is 4.74 Å². The summed E-state index contributed by atoms with van der Waals surface area (Å²) in [6.45, 7) is 6.61. The first-order chi connectivity index (χ1) is 9.53. The number of nitrogens with one attached hydrogen (secondary N) is 1. The van der Waals surface area contributed by atoms with Gasteiger partial charge in [0, 0.05) is 29.7 Å². The van der Waals surface area contributed by atoms with E-state index >= 15 is 0 Å². The van der Waals surface area contributed by atoms with E-state index < -0.39 is 0 Å². The lowest BCUT2D eigenvalue weighted by Gasteiger charge is -2.47. The molecule has 0 amide bonds. The second-order valence-corrected chi connectivity index (χ2v) is 6.80. The highest BCUT2D eigenvalue weighted by Crippen LogP contribution is 2.43. The first-order valence-corrected chi connectivity index (χ1v) is 7.76. The Balaban J connectivity index is 1.92. The predicted molar refractivity (Wildman–Crippen MR) is 83.9 cm³/mol. The Kier molecular flexibility index (Phi) is 3.59. The molecule has 2 fully saturated rings. The first-order valence-electron chi connectivity index (χ1n) is 7.39. The number of ether oxygens (including phenoxy) is 1. The fourth-order valence-electron chi connectivity index (χ4n) is 3.26. The van der Waals surface area contributed by atoms with Crippen molar-refractivity contribution in [2.24, 2.45) is 5.92 Å². The minimum Gasteiger partial charge on any atom is -0.495 e. The fraction of sp³-hybridized carbons (Fsp3) is 0.625. The molecule has 2 aliphatic rings. The van der Waals surface area contributed by atoms with Crippen LogP contribution < -0.4 is 15.0 Å². The van der Waals surface area contributed by atoms with Gasteiger partial charge in [-0.25, -0.2) is 0 Å². The average molecular weight is 295 g/mol. The molecular formula is C16H23ClN2O. The van der Waals surface area contributed by atoms with Gasteiger partial charge in [-0.2, -0.15) is 0 Å². The van der Waals surface area contributed by atoms with Crippen LogP contribution in [0.4, 0.5) is 5.69 Å². The molecule has 1 aromatic carbocycles. The van der Waals surface area contributed by atoms with Gasteiger partial charge in [0.15, 0.2) is 0 Å². The van der Waals surface area contributed by atoms with Gasteiger partial charge < -0.3 is 15.0 Å². The highest BCUT2D eigenvalue weighted by atomic mass is 35.5. The van der Waals surface area contributed by atoms with E-state index in [9.17, 15) is 0 Å². The first kappa shape index (κ1) is 14.0. The van der Waals surface area contributed by atoms with Crippen LogP contribution in [0.25, 0.3) is 0 Å². The molecule has 0 radical (unpaired) electrons. The molecule has 1 aliphatic carbocycles. The number of methoxy groups -OCH3 is 1. The minimum atomic E-state index is 0.208. The van der Waals surface area contributed by atoms with Crippen LogP contribution in [-0.4, -0.2) is 31.8 Å². The van der Waals surface area contributed by atoms with Crippen LogP contribution >= 0.6 is 11.6 Å². The van der Waals surface area contributed by atoms with E-state index in [0.717, 1.165) is 35.5 Å². The average Bonchev–Trinajstić information content (AvgIpc) is 3.26. The number of piperazine rings is 1. The van der Waals surface area contributed by atoms with Crippen molar-refractivity contribution in [2.45, 2.75) is 38.3 Å². The van der Waals surface area contributed by atoms with Crippen LogP contribution in [0.2, 0.25) is 5.02 Å². The highest BCUT2D eigenvalue weighted by molar-refractivity contribution is 6.30. The molecule has 2 unspecified atom stereocenters. The van der Waals surface area contributed by atoms with Gasteiger partial charge in [0.2, 0.25) is 0 Å². The zero-order valence-corrected chi connectivity index (χ0v) is 13.2. The molecule has 1 saturated carbocycles. The summed E-state index contributed by atoms with van der Waals surface area (Å²) in [4.78, 5) is 2.44. The third-order valence-corrected chi connectivity index (χ3v) is 5.00. The van der Waals surface area contributed by atoms with Crippen LogP contribution in [0.1, 0.15) is 26.7 Å². The van der Waals surface area contributed by atoms with Crippen LogP contribution in [-0.2, 0) is 0 Å². The van der Waals surface area contributed by atoms with Gasteiger partial charge in [0.1, 0.15) is 5.75 Å². The van der Waals surface area contributed by atoms with Crippen molar-refractivity contribution in [3.63, 3.8) is 0 Å². The van der Waals surface area contributed by atoms with Crippen LogP contribution in [0, 0.1) is 5.92 Å². The summed E-state index contributed by atoms with van der Waals surface area (Å²) in [5.74, 6) is 1.71. The molecule has 3 nitrogen and oxygen atoms in total. The van der Waals surface area contributed by atoms with E-state index in [1.54, 1.807) is 7.11 Å². The number of nitrogens with zero attached hydrogens (tertiary/aromatic N) is 1. The van der Waals surface area contributed by atoms with Gasteiger partial charge in [-0.05, 0) is 50.8 Å². The van der Waals surface area contributed by atoms with Crippen molar-refractivity contribution in [1.82, 2.24) is 5.32 Å². The Morgan fingerprint density at radius 2 is 2.15 bits per heavy atom. The largest absolute Gasteiger partial charge is 0.495 e. The van der Waals surface area contributed by atoms with Gasteiger partial charge in [0.25, 0.3) is 0 Å². The topological polar surface area (TPSA) is 24.5 Å². The molecule has 110 valence electrons. The summed E-state index contributed by atoms with van der Waals surface area (Å²) >= 11 is 6.19. The van der Waals surface area contributed by atoms with Gasteiger partial charge in [-0.1, -0.05) is 11.6 Å². The molecule has 1 saturated heterocycles. The van der Waals surface area contributed by atoms with E-state index in [4.69, 9.17) is 16.3 Å². The second kappa shape index (κ2) is 5.12. The lowest BCUT2D eigenvalue weighted by Crippen LogP contribution is -2.63. The van der Waals surface area contributed by atoms with E-state index in [2.05, 4.69) is 24.1 Å². The number of rotatable bonds is 3. The van der Waals surface area contributed by atoms with Crippen LogP contribution in [0.5, 0.6) is 5.75 Å².